The molecule has 1 aromatic carbocycles. The molecule has 22 heavy (non-hydrogen) atoms. The molecule has 0 radical (unpaired) electrons. The van der Waals surface area contributed by atoms with Gasteiger partial charge in [0.1, 0.15) is 11.5 Å². The number of morpholine rings is 1. The average molecular weight is 303 g/mol. The summed E-state index contributed by atoms with van der Waals surface area (Å²) >= 11 is 0. The zero-order chi connectivity index (χ0) is 15.5. The van der Waals surface area contributed by atoms with E-state index < -0.39 is 17.7 Å². The molecule has 0 bridgehead atoms. The molecule has 1 N–H and O–H groups in total. The smallest absolute Gasteiger partial charge is 0.247 e. The lowest BCUT2D eigenvalue weighted by molar-refractivity contribution is -0.142. The second kappa shape index (κ2) is 6.29. The minimum Gasteiger partial charge on any atom is -0.508 e. The highest BCUT2D eigenvalue weighted by atomic mass is 16.5. The Labute approximate surface area is 127 Å². The van der Waals surface area contributed by atoms with Gasteiger partial charge in [0.25, 0.3) is 0 Å². The Hall–Kier alpha value is -2.18. The van der Waals surface area contributed by atoms with Gasteiger partial charge < -0.3 is 14.6 Å². The number of Topliss-reactive ketones (excluding diaryl/α,β-unsaturated/α-hetero) is 1. The van der Waals surface area contributed by atoms with Crippen molar-refractivity contribution in [3.05, 3.63) is 41.7 Å². The van der Waals surface area contributed by atoms with Crippen LogP contribution in [0.5, 0.6) is 5.75 Å². The van der Waals surface area contributed by atoms with E-state index in [2.05, 4.69) is 4.90 Å². The summed E-state index contributed by atoms with van der Waals surface area (Å²) in [4.78, 5) is 26.0. The summed E-state index contributed by atoms with van der Waals surface area (Å²) in [6, 6.07) is 6.11. The van der Waals surface area contributed by atoms with Crippen LogP contribution < -0.4 is 0 Å². The van der Waals surface area contributed by atoms with Gasteiger partial charge in [-0.3, -0.25) is 14.5 Å². The maximum atomic E-state index is 12.0. The molecule has 0 saturated carbocycles. The minimum absolute atomic E-state index is 0.0995. The number of carbonyl (C=O) groups is 2. The van der Waals surface area contributed by atoms with Gasteiger partial charge in [0, 0.05) is 24.7 Å². The first kappa shape index (κ1) is 14.7. The summed E-state index contributed by atoms with van der Waals surface area (Å²) in [5.74, 6) is -0.545. The van der Waals surface area contributed by atoms with E-state index in [0.29, 0.717) is 31.1 Å². The Morgan fingerprint density at radius 3 is 2.50 bits per heavy atom. The average Bonchev–Trinajstić information content (AvgIpc) is 2.53. The third-order valence-corrected chi connectivity index (χ3v) is 3.72. The first-order valence-electron chi connectivity index (χ1n) is 7.18. The number of phenols is 1. The molecule has 1 atom stereocenters. The zero-order valence-corrected chi connectivity index (χ0v) is 12.0. The van der Waals surface area contributed by atoms with Gasteiger partial charge in [0.05, 0.1) is 19.8 Å². The Morgan fingerprint density at radius 1 is 1.14 bits per heavy atom. The van der Waals surface area contributed by atoms with Gasteiger partial charge in [-0.05, 0) is 12.1 Å². The van der Waals surface area contributed by atoms with E-state index in [1.165, 1.54) is 18.2 Å². The van der Waals surface area contributed by atoms with E-state index in [-0.39, 0.29) is 5.75 Å². The van der Waals surface area contributed by atoms with Crippen molar-refractivity contribution in [2.24, 2.45) is 0 Å². The molecule has 0 spiro atoms. The zero-order valence-electron chi connectivity index (χ0n) is 12.0. The summed E-state index contributed by atoms with van der Waals surface area (Å²) in [7, 11) is 0. The number of aromatic hydroxyl groups is 1. The third kappa shape index (κ3) is 3.18. The fourth-order valence-electron chi connectivity index (χ4n) is 2.52. The first-order valence-corrected chi connectivity index (χ1v) is 7.18. The molecule has 6 heteroatoms. The molecule has 2 aliphatic rings. The Kier molecular flexibility index (Phi) is 4.22. The summed E-state index contributed by atoms with van der Waals surface area (Å²) in [6.45, 7) is 3.33. The van der Waals surface area contributed by atoms with Crippen molar-refractivity contribution >= 4 is 11.6 Å². The molecule has 2 aliphatic heterocycles. The lowest BCUT2D eigenvalue weighted by Crippen LogP contribution is -2.39. The number of phenolic OH excluding ortho intramolecular Hbond substituents is 1. The van der Waals surface area contributed by atoms with E-state index in [4.69, 9.17) is 9.47 Å². The maximum Gasteiger partial charge on any atom is 0.247 e. The number of allylic oxidation sites excluding steroid dienone is 1. The number of rotatable bonds is 3. The Morgan fingerprint density at radius 2 is 1.82 bits per heavy atom. The van der Waals surface area contributed by atoms with Crippen molar-refractivity contribution in [2.75, 3.05) is 32.8 Å². The molecule has 1 aromatic rings. The van der Waals surface area contributed by atoms with Crippen LogP contribution in [-0.2, 0) is 19.1 Å². The van der Waals surface area contributed by atoms with E-state index in [9.17, 15) is 14.7 Å². The van der Waals surface area contributed by atoms with Gasteiger partial charge in [0.2, 0.25) is 11.6 Å². The second-order valence-electron chi connectivity index (χ2n) is 5.32. The van der Waals surface area contributed by atoms with Crippen LogP contribution in [0.1, 0.15) is 11.7 Å². The van der Waals surface area contributed by atoms with Crippen LogP contribution in [0.4, 0.5) is 0 Å². The monoisotopic (exact) mass is 303 g/mol. The van der Waals surface area contributed by atoms with Crippen LogP contribution in [0.2, 0.25) is 0 Å². The van der Waals surface area contributed by atoms with E-state index >= 15 is 0 Å². The molecule has 1 fully saturated rings. The van der Waals surface area contributed by atoms with E-state index in [1.54, 1.807) is 12.1 Å². The van der Waals surface area contributed by atoms with Crippen molar-refractivity contribution in [3.8, 4) is 5.75 Å². The number of ketones is 2. The topological polar surface area (TPSA) is 76.1 Å². The lowest BCUT2D eigenvalue weighted by atomic mass is 10.00. The summed E-state index contributed by atoms with van der Waals surface area (Å²) in [6.07, 6.45) is 0.337. The standard InChI is InChI=1S/C16H17NO5/c18-12-3-1-11(2-4-12)16-15(20)14(19)9-13(22-16)10-17-5-7-21-8-6-17/h1-4,9,16,18H,5-8,10H2. The van der Waals surface area contributed by atoms with Gasteiger partial charge in [-0.1, -0.05) is 12.1 Å². The van der Waals surface area contributed by atoms with Crippen LogP contribution in [0.15, 0.2) is 36.1 Å². The molecule has 0 aliphatic carbocycles. The summed E-state index contributed by atoms with van der Waals surface area (Å²) < 4.78 is 11.0. The van der Waals surface area contributed by atoms with Gasteiger partial charge in [0.15, 0.2) is 6.10 Å². The number of carbonyl (C=O) groups excluding carboxylic acids is 2. The molecule has 6 nitrogen and oxygen atoms in total. The molecule has 0 amide bonds. The van der Waals surface area contributed by atoms with Crippen molar-refractivity contribution in [1.82, 2.24) is 4.90 Å². The van der Waals surface area contributed by atoms with Gasteiger partial charge in [-0.2, -0.15) is 0 Å². The van der Waals surface area contributed by atoms with Gasteiger partial charge in [-0.25, -0.2) is 0 Å². The maximum absolute atomic E-state index is 12.0. The van der Waals surface area contributed by atoms with E-state index in [1.807, 2.05) is 0 Å². The highest BCUT2D eigenvalue weighted by molar-refractivity contribution is 6.43. The van der Waals surface area contributed by atoms with Crippen LogP contribution in [-0.4, -0.2) is 54.4 Å². The van der Waals surface area contributed by atoms with Crippen LogP contribution >= 0.6 is 0 Å². The van der Waals surface area contributed by atoms with Crippen LogP contribution in [0.25, 0.3) is 0 Å². The quantitative estimate of drug-likeness (QED) is 0.833. The minimum atomic E-state index is -0.936. The molecule has 116 valence electrons. The lowest BCUT2D eigenvalue weighted by Gasteiger charge is -2.30. The fraction of sp³-hybridized carbons (Fsp3) is 0.375. The van der Waals surface area contributed by atoms with E-state index in [0.717, 1.165) is 13.1 Å². The SMILES string of the molecule is O=C1C=C(CN2CCOCC2)OC(c2ccc(O)cc2)C1=O. The molecule has 0 aromatic heterocycles. The molecule has 1 unspecified atom stereocenters. The second-order valence-corrected chi connectivity index (χ2v) is 5.32. The van der Waals surface area contributed by atoms with Crippen molar-refractivity contribution in [3.63, 3.8) is 0 Å². The highest BCUT2D eigenvalue weighted by Crippen LogP contribution is 2.27. The number of ether oxygens (including phenoxy) is 2. The number of nitrogens with zero attached hydrogens (tertiary/aromatic N) is 1. The van der Waals surface area contributed by atoms with Crippen molar-refractivity contribution in [1.29, 1.82) is 0 Å². The van der Waals surface area contributed by atoms with Crippen molar-refractivity contribution in [2.45, 2.75) is 6.10 Å². The fourth-order valence-corrected chi connectivity index (χ4v) is 2.52. The van der Waals surface area contributed by atoms with Gasteiger partial charge in [-0.15, -0.1) is 0 Å². The Bertz CT molecular complexity index is 601. The molecule has 1 saturated heterocycles. The van der Waals surface area contributed by atoms with Crippen LogP contribution in [0, 0.1) is 0 Å². The molecule has 2 heterocycles. The normalized spacial score (nSPS) is 23.1. The molecule has 3 rings (SSSR count). The summed E-state index contributed by atoms with van der Waals surface area (Å²) in [5.41, 5.74) is 0.559. The number of benzene rings is 1. The van der Waals surface area contributed by atoms with Gasteiger partial charge >= 0.3 is 0 Å². The largest absolute Gasteiger partial charge is 0.508 e. The predicted octanol–water partition coefficient (Wildman–Crippen LogP) is 0.818. The molecular weight excluding hydrogens is 286 g/mol. The summed E-state index contributed by atoms with van der Waals surface area (Å²) in [5, 5.41) is 9.32. The van der Waals surface area contributed by atoms with Crippen molar-refractivity contribution < 1.29 is 24.2 Å². The number of hydrogen-bond acceptors (Lipinski definition) is 6. The highest BCUT2D eigenvalue weighted by Gasteiger charge is 2.33. The van der Waals surface area contributed by atoms with Crippen LogP contribution in [0.3, 0.4) is 0 Å². The third-order valence-electron chi connectivity index (χ3n) is 3.72. The molecular formula is C16H17NO5. The first-order chi connectivity index (χ1) is 10.6. The predicted molar refractivity (Wildman–Crippen MR) is 77.3 cm³/mol. The Balaban J connectivity index is 1.75. The number of hydrogen-bond donors (Lipinski definition) is 1.